The van der Waals surface area contributed by atoms with Crippen molar-refractivity contribution < 1.29 is 22.3 Å². The number of aryl methyl sites for hydroxylation is 1. The molecule has 0 bridgehead atoms. The van der Waals surface area contributed by atoms with Crippen LogP contribution in [0.5, 0.6) is 0 Å². The predicted octanol–water partition coefficient (Wildman–Crippen LogP) is 3.00. The van der Waals surface area contributed by atoms with Gasteiger partial charge in [-0.3, -0.25) is 9.52 Å². The van der Waals surface area contributed by atoms with Gasteiger partial charge in [-0.25, -0.2) is 12.8 Å². The monoisotopic (exact) mass is 404 g/mol. The molecule has 2 aliphatic heterocycles. The lowest BCUT2D eigenvalue weighted by Gasteiger charge is -2.21. The second kappa shape index (κ2) is 7.18. The topological polar surface area (TPSA) is 75.7 Å². The minimum Gasteiger partial charge on any atom is -0.368 e. The Labute approximate surface area is 163 Å². The summed E-state index contributed by atoms with van der Waals surface area (Å²) in [5.41, 5.74) is 2.44. The Morgan fingerprint density at radius 1 is 1.25 bits per heavy atom. The molecule has 0 spiro atoms. The van der Waals surface area contributed by atoms with Crippen LogP contribution >= 0.6 is 0 Å². The van der Waals surface area contributed by atoms with Crippen LogP contribution in [0.25, 0.3) is 0 Å². The van der Waals surface area contributed by atoms with Crippen LogP contribution in [0, 0.1) is 12.7 Å². The van der Waals surface area contributed by atoms with Crippen LogP contribution in [0.4, 0.5) is 15.8 Å². The van der Waals surface area contributed by atoms with E-state index in [9.17, 15) is 17.6 Å². The molecule has 148 valence electrons. The van der Waals surface area contributed by atoms with Gasteiger partial charge in [-0.1, -0.05) is 0 Å². The van der Waals surface area contributed by atoms with Crippen molar-refractivity contribution in [1.82, 2.24) is 0 Å². The summed E-state index contributed by atoms with van der Waals surface area (Å²) in [5, 5.41) is 0. The Morgan fingerprint density at radius 2 is 2.07 bits per heavy atom. The number of amides is 1. The maximum atomic E-state index is 13.3. The highest BCUT2D eigenvalue weighted by Crippen LogP contribution is 2.33. The van der Waals surface area contributed by atoms with Crippen molar-refractivity contribution in [3.05, 3.63) is 53.3 Å². The molecule has 2 heterocycles. The molecule has 2 aliphatic rings. The lowest BCUT2D eigenvalue weighted by atomic mass is 10.1. The molecule has 1 fully saturated rings. The minimum absolute atomic E-state index is 0.0320. The SMILES string of the molecule is Cc1cc(F)ccc1S(=O)(=O)Nc1ccc2c(c1)CCN2C(=O)C1CCCO1. The summed E-state index contributed by atoms with van der Waals surface area (Å²) in [4.78, 5) is 14.4. The van der Waals surface area contributed by atoms with E-state index in [-0.39, 0.29) is 16.9 Å². The summed E-state index contributed by atoms with van der Waals surface area (Å²) >= 11 is 0. The first kappa shape index (κ1) is 18.9. The number of rotatable bonds is 4. The zero-order valence-corrected chi connectivity index (χ0v) is 16.3. The van der Waals surface area contributed by atoms with Gasteiger partial charge in [0, 0.05) is 24.5 Å². The third kappa shape index (κ3) is 3.49. The number of carbonyl (C=O) groups excluding carboxylic acids is 1. The lowest BCUT2D eigenvalue weighted by molar-refractivity contribution is -0.127. The van der Waals surface area contributed by atoms with Crippen LogP contribution in [-0.2, 0) is 26.0 Å². The van der Waals surface area contributed by atoms with Gasteiger partial charge in [0.2, 0.25) is 0 Å². The van der Waals surface area contributed by atoms with Gasteiger partial charge in [-0.15, -0.1) is 0 Å². The summed E-state index contributed by atoms with van der Waals surface area (Å²) in [6.45, 7) is 2.72. The molecule has 0 saturated carbocycles. The van der Waals surface area contributed by atoms with E-state index >= 15 is 0 Å². The fourth-order valence-electron chi connectivity index (χ4n) is 3.76. The van der Waals surface area contributed by atoms with Gasteiger partial charge in [0.15, 0.2) is 0 Å². The average Bonchev–Trinajstić information content (AvgIpc) is 3.30. The van der Waals surface area contributed by atoms with Gasteiger partial charge in [-0.05, 0) is 73.7 Å². The molecule has 2 aromatic carbocycles. The summed E-state index contributed by atoms with van der Waals surface area (Å²) in [6, 6.07) is 8.70. The first-order chi connectivity index (χ1) is 13.3. The Balaban J connectivity index is 1.56. The molecule has 1 saturated heterocycles. The Morgan fingerprint density at radius 3 is 2.79 bits per heavy atom. The zero-order chi connectivity index (χ0) is 19.9. The normalized spacial score (nSPS) is 18.9. The van der Waals surface area contributed by atoms with Gasteiger partial charge in [-0.2, -0.15) is 0 Å². The molecule has 6 nitrogen and oxygen atoms in total. The summed E-state index contributed by atoms with van der Waals surface area (Å²) in [5.74, 6) is -0.517. The second-order valence-electron chi connectivity index (χ2n) is 7.10. The number of halogens is 1. The highest BCUT2D eigenvalue weighted by atomic mass is 32.2. The third-order valence-electron chi connectivity index (χ3n) is 5.12. The molecule has 0 radical (unpaired) electrons. The molecule has 4 rings (SSSR count). The van der Waals surface area contributed by atoms with Crippen LogP contribution in [0.3, 0.4) is 0 Å². The van der Waals surface area contributed by atoms with E-state index in [4.69, 9.17) is 4.74 Å². The molecule has 1 amide bonds. The fraction of sp³-hybridized carbons (Fsp3) is 0.350. The number of ether oxygens (including phenoxy) is 1. The highest BCUT2D eigenvalue weighted by Gasteiger charge is 2.33. The van der Waals surface area contributed by atoms with E-state index in [1.807, 2.05) is 0 Å². The largest absolute Gasteiger partial charge is 0.368 e. The van der Waals surface area contributed by atoms with Gasteiger partial charge in [0.1, 0.15) is 11.9 Å². The number of fused-ring (bicyclic) bond motifs is 1. The Bertz CT molecular complexity index is 1030. The number of nitrogens with zero attached hydrogens (tertiary/aromatic N) is 1. The van der Waals surface area contributed by atoms with Crippen molar-refractivity contribution in [1.29, 1.82) is 0 Å². The summed E-state index contributed by atoms with van der Waals surface area (Å²) < 4.78 is 46.6. The number of hydrogen-bond donors (Lipinski definition) is 1. The van der Waals surface area contributed by atoms with Crippen molar-refractivity contribution in [2.45, 2.75) is 37.2 Å². The number of hydrogen-bond acceptors (Lipinski definition) is 4. The number of sulfonamides is 1. The van der Waals surface area contributed by atoms with Crippen LogP contribution in [0.1, 0.15) is 24.0 Å². The van der Waals surface area contributed by atoms with Crippen LogP contribution in [0.15, 0.2) is 41.3 Å². The number of nitrogens with one attached hydrogen (secondary N) is 1. The Kier molecular flexibility index (Phi) is 4.84. The molecule has 1 unspecified atom stereocenters. The molecule has 0 aromatic heterocycles. The van der Waals surface area contributed by atoms with E-state index in [1.54, 1.807) is 30.0 Å². The standard InChI is InChI=1S/C20H21FN2O4S/c1-13-11-15(21)4-7-19(13)28(25,26)22-16-5-6-17-14(12-16)8-9-23(17)20(24)18-3-2-10-27-18/h4-7,11-12,18,22H,2-3,8-10H2,1H3. The van der Waals surface area contributed by atoms with E-state index in [1.165, 1.54) is 12.1 Å². The predicted molar refractivity (Wildman–Crippen MR) is 103 cm³/mol. The van der Waals surface area contributed by atoms with Crippen molar-refractivity contribution >= 4 is 27.3 Å². The minimum atomic E-state index is -3.84. The van der Waals surface area contributed by atoms with Gasteiger partial charge in [0.05, 0.1) is 4.90 Å². The third-order valence-corrected chi connectivity index (χ3v) is 6.67. The van der Waals surface area contributed by atoms with Gasteiger partial charge in [0.25, 0.3) is 15.9 Å². The average molecular weight is 404 g/mol. The smallest absolute Gasteiger partial charge is 0.262 e. The van der Waals surface area contributed by atoms with Crippen LogP contribution < -0.4 is 9.62 Å². The van der Waals surface area contributed by atoms with Crippen molar-refractivity contribution in [3.63, 3.8) is 0 Å². The molecule has 1 N–H and O–H groups in total. The van der Waals surface area contributed by atoms with Crippen molar-refractivity contribution in [3.8, 4) is 0 Å². The molecule has 1 atom stereocenters. The highest BCUT2D eigenvalue weighted by molar-refractivity contribution is 7.92. The lowest BCUT2D eigenvalue weighted by Crippen LogP contribution is -2.37. The molecule has 0 aliphatic carbocycles. The maximum Gasteiger partial charge on any atom is 0.262 e. The van der Waals surface area contributed by atoms with E-state index in [2.05, 4.69) is 4.72 Å². The quantitative estimate of drug-likeness (QED) is 0.850. The van der Waals surface area contributed by atoms with Crippen molar-refractivity contribution in [2.24, 2.45) is 0 Å². The number of carbonyl (C=O) groups is 1. The molecule has 8 heteroatoms. The molecule has 2 aromatic rings. The number of benzene rings is 2. The van der Waals surface area contributed by atoms with Gasteiger partial charge < -0.3 is 9.64 Å². The fourth-order valence-corrected chi connectivity index (χ4v) is 5.04. The zero-order valence-electron chi connectivity index (χ0n) is 15.4. The van der Waals surface area contributed by atoms with E-state index in [0.29, 0.717) is 30.8 Å². The van der Waals surface area contributed by atoms with Crippen LogP contribution in [-0.4, -0.2) is 33.6 Å². The molecular formula is C20H21FN2O4S. The Hall–Kier alpha value is -2.45. The first-order valence-corrected chi connectivity index (χ1v) is 10.7. The van der Waals surface area contributed by atoms with Crippen LogP contribution in [0.2, 0.25) is 0 Å². The number of anilines is 2. The van der Waals surface area contributed by atoms with E-state index < -0.39 is 15.8 Å². The summed E-state index contributed by atoms with van der Waals surface area (Å²) in [7, 11) is -3.84. The molecular weight excluding hydrogens is 383 g/mol. The summed E-state index contributed by atoms with van der Waals surface area (Å²) in [6.07, 6.45) is 1.89. The van der Waals surface area contributed by atoms with Gasteiger partial charge >= 0.3 is 0 Å². The van der Waals surface area contributed by atoms with Crippen molar-refractivity contribution in [2.75, 3.05) is 22.8 Å². The molecule has 28 heavy (non-hydrogen) atoms. The first-order valence-electron chi connectivity index (χ1n) is 9.20. The van der Waals surface area contributed by atoms with E-state index in [0.717, 1.165) is 30.2 Å². The maximum absolute atomic E-state index is 13.3. The second-order valence-corrected chi connectivity index (χ2v) is 8.75.